The van der Waals surface area contributed by atoms with Crippen LogP contribution in [0.25, 0.3) is 0 Å². The Balaban J connectivity index is 0. The van der Waals surface area contributed by atoms with Gasteiger partial charge < -0.3 is 8.74 Å². The van der Waals surface area contributed by atoms with Gasteiger partial charge in [0.05, 0.1) is 0 Å². The first-order chi connectivity index (χ1) is 8.06. The van der Waals surface area contributed by atoms with Crippen LogP contribution in [-0.2, 0) is 14.6 Å². The Morgan fingerprint density at radius 1 is 1.06 bits per heavy atom. The molecule has 0 spiro atoms. The van der Waals surface area contributed by atoms with Crippen molar-refractivity contribution in [2.75, 3.05) is 0 Å². The quantitative estimate of drug-likeness (QED) is 0.144. The molecule has 0 saturated carbocycles. The van der Waals surface area contributed by atoms with Crippen molar-refractivity contribution in [1.82, 2.24) is 0 Å². The maximum absolute atomic E-state index is 10.0. The largest absolute Gasteiger partial charge is 1.00 e. The fourth-order valence-electron chi connectivity index (χ4n) is 1.36. The number of unbranched alkanes of at least 4 members (excludes halogenated alkanes) is 6. The molecule has 0 saturated heterocycles. The summed E-state index contributed by atoms with van der Waals surface area (Å²) < 4.78 is 34.0. The van der Waals surface area contributed by atoms with Crippen LogP contribution in [0.5, 0.6) is 0 Å². The molecule has 0 amide bonds. The van der Waals surface area contributed by atoms with Crippen LogP contribution in [0.1, 0.15) is 51.9 Å². The smallest absolute Gasteiger partial charge is 0.716 e. The number of hydrogen-bond donors (Lipinski definition) is 0. The second-order valence-corrected chi connectivity index (χ2v) is 4.83. The third-order valence-electron chi connectivity index (χ3n) is 2.22. The van der Waals surface area contributed by atoms with Gasteiger partial charge >= 0.3 is 29.6 Å². The molecule has 0 rings (SSSR count). The summed E-state index contributed by atoms with van der Waals surface area (Å²) in [6, 6.07) is 0. The van der Waals surface area contributed by atoms with Gasteiger partial charge in [-0.15, -0.1) is 0 Å². The van der Waals surface area contributed by atoms with Crippen LogP contribution in [0, 0.1) is 0 Å². The van der Waals surface area contributed by atoms with E-state index in [-0.39, 0.29) is 29.6 Å². The van der Waals surface area contributed by atoms with Gasteiger partial charge in [0.15, 0.2) is 0 Å². The van der Waals surface area contributed by atoms with Crippen molar-refractivity contribution in [3.63, 3.8) is 0 Å². The second-order valence-electron chi connectivity index (χ2n) is 3.82. The third kappa shape index (κ3) is 18.6. The fourth-order valence-corrected chi connectivity index (χ4v) is 1.56. The van der Waals surface area contributed by atoms with Gasteiger partial charge in [-0.2, -0.15) is 0 Å². The summed E-state index contributed by atoms with van der Waals surface area (Å²) in [5.41, 5.74) is 0. The van der Waals surface area contributed by atoms with Crippen LogP contribution in [0.4, 0.5) is 0 Å². The summed E-state index contributed by atoms with van der Waals surface area (Å²) in [6.07, 6.45) is 14.3. The second kappa shape index (κ2) is 13.6. The van der Waals surface area contributed by atoms with E-state index in [0.29, 0.717) is 0 Å². The predicted octanol–water partition coefficient (Wildman–Crippen LogP) is 0.288. The zero-order valence-corrected chi connectivity index (χ0v) is 14.1. The van der Waals surface area contributed by atoms with Gasteiger partial charge in [0.25, 0.3) is 10.4 Å². The van der Waals surface area contributed by atoms with Gasteiger partial charge in [-0.05, 0) is 18.9 Å². The monoisotopic (exact) mass is 284 g/mol. The summed E-state index contributed by atoms with van der Waals surface area (Å²) in [5.74, 6) is 0. The standard InChI is InChI=1S/C12H22O4S.Na/c1-2-3-4-5-6-7-8-9-10-11-12-16-17(13,14)15;/h9-12H,2-8H2,1H3,(H,13,14,15);/q;+1/p-1/b10-9+,12-11+;. The molecule has 0 aromatic rings. The van der Waals surface area contributed by atoms with E-state index in [1.165, 1.54) is 38.2 Å². The molecule has 0 bridgehead atoms. The van der Waals surface area contributed by atoms with E-state index in [9.17, 15) is 13.0 Å². The summed E-state index contributed by atoms with van der Waals surface area (Å²) >= 11 is 0. The molecule has 0 N–H and O–H groups in total. The Morgan fingerprint density at radius 3 is 2.28 bits per heavy atom. The first-order valence-electron chi connectivity index (χ1n) is 6.02. The summed E-state index contributed by atoms with van der Waals surface area (Å²) in [6.45, 7) is 2.19. The van der Waals surface area contributed by atoms with Crippen LogP contribution in [0.3, 0.4) is 0 Å². The first kappa shape index (κ1) is 20.5. The zero-order valence-electron chi connectivity index (χ0n) is 11.3. The topological polar surface area (TPSA) is 66.4 Å². The molecule has 0 aliphatic carbocycles. The zero-order chi connectivity index (χ0) is 13.0. The van der Waals surface area contributed by atoms with Crippen molar-refractivity contribution in [3.05, 3.63) is 24.5 Å². The average molecular weight is 284 g/mol. The van der Waals surface area contributed by atoms with E-state index in [2.05, 4.69) is 11.1 Å². The molecule has 0 atom stereocenters. The van der Waals surface area contributed by atoms with Crippen molar-refractivity contribution < 1.29 is 46.7 Å². The molecule has 0 aliphatic heterocycles. The average Bonchev–Trinajstić information content (AvgIpc) is 2.24. The van der Waals surface area contributed by atoms with Crippen molar-refractivity contribution >= 4 is 10.4 Å². The molecule has 0 unspecified atom stereocenters. The summed E-state index contributed by atoms with van der Waals surface area (Å²) in [4.78, 5) is 0. The molecule has 0 heterocycles. The normalized spacial score (nSPS) is 11.9. The van der Waals surface area contributed by atoms with Crippen LogP contribution in [0.2, 0.25) is 0 Å². The van der Waals surface area contributed by atoms with E-state index in [4.69, 9.17) is 0 Å². The van der Waals surface area contributed by atoms with Crippen LogP contribution in [0.15, 0.2) is 24.5 Å². The van der Waals surface area contributed by atoms with Gasteiger partial charge in [-0.25, -0.2) is 8.42 Å². The van der Waals surface area contributed by atoms with Crippen LogP contribution < -0.4 is 29.6 Å². The number of allylic oxidation sites excluding steroid dienone is 3. The molecule has 0 fully saturated rings. The van der Waals surface area contributed by atoms with E-state index in [1.807, 2.05) is 6.08 Å². The molecule has 6 heteroatoms. The van der Waals surface area contributed by atoms with Crippen molar-refractivity contribution in [2.24, 2.45) is 0 Å². The van der Waals surface area contributed by atoms with Gasteiger partial charge in [-0.3, -0.25) is 0 Å². The number of rotatable bonds is 10. The minimum atomic E-state index is -4.61. The van der Waals surface area contributed by atoms with Crippen molar-refractivity contribution in [1.29, 1.82) is 0 Å². The van der Waals surface area contributed by atoms with E-state index < -0.39 is 10.4 Å². The van der Waals surface area contributed by atoms with Gasteiger partial charge in [0.2, 0.25) is 0 Å². The molecule has 100 valence electrons. The first-order valence-corrected chi connectivity index (χ1v) is 7.35. The molecule has 0 aliphatic rings. The van der Waals surface area contributed by atoms with Crippen LogP contribution in [-0.4, -0.2) is 13.0 Å². The molecule has 0 radical (unpaired) electrons. The SMILES string of the molecule is CCCCCCCC/C=C/C=C/OS(=O)(=O)[O-].[Na+]. The minimum Gasteiger partial charge on any atom is -0.716 e. The minimum absolute atomic E-state index is 0. The van der Waals surface area contributed by atoms with Gasteiger partial charge in [0.1, 0.15) is 6.26 Å². The molecule has 0 aromatic carbocycles. The molecule has 4 nitrogen and oxygen atoms in total. The van der Waals surface area contributed by atoms with E-state index in [1.54, 1.807) is 6.08 Å². The van der Waals surface area contributed by atoms with E-state index in [0.717, 1.165) is 19.1 Å². The Kier molecular flexibility index (Phi) is 15.5. The maximum Gasteiger partial charge on any atom is 1.00 e. The molecule has 18 heavy (non-hydrogen) atoms. The van der Waals surface area contributed by atoms with Gasteiger partial charge in [0, 0.05) is 0 Å². The maximum atomic E-state index is 10.0. The summed E-state index contributed by atoms with van der Waals surface area (Å²) in [5, 5.41) is 0. The van der Waals surface area contributed by atoms with Crippen LogP contribution >= 0.6 is 0 Å². The predicted molar refractivity (Wildman–Crippen MR) is 67.1 cm³/mol. The van der Waals surface area contributed by atoms with Crippen molar-refractivity contribution in [3.8, 4) is 0 Å². The van der Waals surface area contributed by atoms with E-state index >= 15 is 0 Å². The third-order valence-corrected chi connectivity index (χ3v) is 2.57. The molecular formula is C12H21NaO4S. The van der Waals surface area contributed by atoms with Crippen molar-refractivity contribution in [2.45, 2.75) is 51.9 Å². The Morgan fingerprint density at radius 2 is 1.67 bits per heavy atom. The Hall–Kier alpha value is 0.190. The molecular weight excluding hydrogens is 263 g/mol. The van der Waals surface area contributed by atoms with Gasteiger partial charge in [-0.1, -0.05) is 51.2 Å². The Bertz CT molecular complexity index is 323. The number of hydrogen-bond acceptors (Lipinski definition) is 4. The fraction of sp³-hybridized carbons (Fsp3) is 0.667. The molecule has 0 aromatic heterocycles. The summed E-state index contributed by atoms with van der Waals surface area (Å²) in [7, 11) is -4.61. The Labute approximate surface area is 133 Å².